The largest absolute Gasteiger partial charge is 0.506 e. The molecule has 2 nitrogen and oxygen atoms in total. The van der Waals surface area contributed by atoms with E-state index in [1.807, 2.05) is 12.1 Å². The van der Waals surface area contributed by atoms with Gasteiger partial charge in [-0.25, -0.2) is 0 Å². The van der Waals surface area contributed by atoms with Crippen molar-refractivity contribution in [3.63, 3.8) is 0 Å². The van der Waals surface area contributed by atoms with Crippen LogP contribution in [0.15, 0.2) is 42.5 Å². The third kappa shape index (κ3) is 2.48. The van der Waals surface area contributed by atoms with E-state index in [2.05, 4.69) is 0 Å². The Bertz CT molecular complexity index is 559. The fourth-order valence-corrected chi connectivity index (χ4v) is 1.76. The maximum Gasteiger partial charge on any atom is 0.159 e. The molecular formula is C14H11ClO2. The van der Waals surface area contributed by atoms with Crippen molar-refractivity contribution in [3.8, 4) is 16.9 Å². The van der Waals surface area contributed by atoms with Crippen LogP contribution in [-0.2, 0) is 0 Å². The molecule has 2 rings (SSSR count). The Morgan fingerprint density at radius 2 is 1.65 bits per heavy atom. The van der Waals surface area contributed by atoms with Gasteiger partial charge in [-0.2, -0.15) is 0 Å². The molecule has 0 unspecified atom stereocenters. The zero-order valence-electron chi connectivity index (χ0n) is 9.27. The summed E-state index contributed by atoms with van der Waals surface area (Å²) in [5.74, 6) is 0.107. The number of benzene rings is 2. The average molecular weight is 247 g/mol. The lowest BCUT2D eigenvalue weighted by molar-refractivity contribution is 0.101. The molecule has 0 aliphatic heterocycles. The fraction of sp³-hybridized carbons (Fsp3) is 0.0714. The normalized spacial score (nSPS) is 10.2. The van der Waals surface area contributed by atoms with E-state index in [9.17, 15) is 9.90 Å². The number of hydrogen-bond donors (Lipinski definition) is 1. The Morgan fingerprint density at radius 1 is 1.06 bits per heavy atom. The number of phenols is 1. The molecule has 0 atom stereocenters. The number of aromatic hydroxyl groups is 1. The van der Waals surface area contributed by atoms with Gasteiger partial charge in [0.25, 0.3) is 0 Å². The second-order valence-corrected chi connectivity index (χ2v) is 4.21. The Hall–Kier alpha value is -1.80. The van der Waals surface area contributed by atoms with Gasteiger partial charge in [-0.1, -0.05) is 41.9 Å². The molecule has 3 heteroatoms. The van der Waals surface area contributed by atoms with Gasteiger partial charge in [0.1, 0.15) is 5.75 Å². The van der Waals surface area contributed by atoms with Gasteiger partial charge in [0, 0.05) is 5.56 Å². The van der Waals surface area contributed by atoms with Crippen LogP contribution in [0.4, 0.5) is 0 Å². The number of carbonyl (C=O) groups is 1. The summed E-state index contributed by atoms with van der Waals surface area (Å²) < 4.78 is 0. The van der Waals surface area contributed by atoms with E-state index < -0.39 is 0 Å². The molecule has 1 N–H and O–H groups in total. The van der Waals surface area contributed by atoms with Gasteiger partial charge < -0.3 is 5.11 Å². The molecule has 2 aromatic rings. The number of rotatable bonds is 2. The zero-order valence-corrected chi connectivity index (χ0v) is 10.0. The monoisotopic (exact) mass is 246 g/mol. The van der Waals surface area contributed by atoms with E-state index in [4.69, 9.17) is 11.6 Å². The van der Waals surface area contributed by atoms with Crippen molar-refractivity contribution in [3.05, 3.63) is 53.1 Å². The van der Waals surface area contributed by atoms with E-state index in [0.717, 1.165) is 11.1 Å². The Morgan fingerprint density at radius 3 is 2.18 bits per heavy atom. The van der Waals surface area contributed by atoms with Gasteiger partial charge in [-0.15, -0.1) is 0 Å². The average Bonchev–Trinajstić information content (AvgIpc) is 2.33. The molecule has 0 radical (unpaired) electrons. The van der Waals surface area contributed by atoms with E-state index in [0.29, 0.717) is 10.6 Å². The highest BCUT2D eigenvalue weighted by Crippen LogP contribution is 2.29. The van der Waals surface area contributed by atoms with Crippen LogP contribution in [0.2, 0.25) is 5.02 Å². The molecule has 0 bridgehead atoms. The summed E-state index contributed by atoms with van der Waals surface area (Å²) in [4.78, 5) is 11.1. The molecule has 0 aliphatic rings. The predicted octanol–water partition coefficient (Wildman–Crippen LogP) is 3.92. The lowest BCUT2D eigenvalue weighted by atomic mass is 10.0. The Balaban J connectivity index is 2.39. The minimum absolute atomic E-state index is 0.0419. The second-order valence-electron chi connectivity index (χ2n) is 3.80. The van der Waals surface area contributed by atoms with Gasteiger partial charge >= 0.3 is 0 Å². The van der Waals surface area contributed by atoms with Gasteiger partial charge in [-0.3, -0.25) is 4.79 Å². The molecule has 0 aliphatic carbocycles. The molecule has 0 saturated carbocycles. The predicted molar refractivity (Wildman–Crippen MR) is 68.6 cm³/mol. The first kappa shape index (κ1) is 11.7. The van der Waals surface area contributed by atoms with Crippen LogP contribution in [0.5, 0.6) is 5.75 Å². The number of phenolic OH excluding ortho intramolecular Hbond substituents is 1. The van der Waals surface area contributed by atoms with Crippen molar-refractivity contribution >= 4 is 17.4 Å². The third-order valence-corrected chi connectivity index (χ3v) is 2.88. The maximum atomic E-state index is 11.1. The highest BCUT2D eigenvalue weighted by atomic mass is 35.5. The quantitative estimate of drug-likeness (QED) is 0.816. The summed E-state index contributed by atoms with van der Waals surface area (Å²) in [6.07, 6.45) is 0. The summed E-state index contributed by atoms with van der Waals surface area (Å²) >= 11 is 5.84. The van der Waals surface area contributed by atoms with E-state index in [1.54, 1.807) is 30.3 Å². The Labute approximate surface area is 104 Å². The van der Waals surface area contributed by atoms with Crippen molar-refractivity contribution < 1.29 is 9.90 Å². The molecular weight excluding hydrogens is 236 g/mol. The van der Waals surface area contributed by atoms with E-state index >= 15 is 0 Å². The summed E-state index contributed by atoms with van der Waals surface area (Å²) in [5, 5.41) is 9.65. The molecule has 2 aromatic carbocycles. The number of hydrogen-bond acceptors (Lipinski definition) is 2. The fourth-order valence-electron chi connectivity index (χ4n) is 1.58. The standard InChI is InChI=1S/C14H11ClO2/c1-9(16)10-2-4-11(5-3-10)12-6-7-14(17)13(15)8-12/h2-8,17H,1H3. The minimum Gasteiger partial charge on any atom is -0.506 e. The van der Waals surface area contributed by atoms with Crippen molar-refractivity contribution in [2.24, 2.45) is 0 Å². The minimum atomic E-state index is 0.0419. The summed E-state index contributed by atoms with van der Waals surface area (Å²) in [7, 11) is 0. The van der Waals surface area contributed by atoms with Gasteiger partial charge in [0.15, 0.2) is 5.78 Å². The van der Waals surface area contributed by atoms with Crippen LogP contribution in [0.3, 0.4) is 0 Å². The van der Waals surface area contributed by atoms with E-state index in [1.165, 1.54) is 6.92 Å². The molecule has 0 amide bonds. The maximum absolute atomic E-state index is 11.1. The van der Waals surface area contributed by atoms with Crippen LogP contribution in [0.25, 0.3) is 11.1 Å². The SMILES string of the molecule is CC(=O)c1ccc(-c2ccc(O)c(Cl)c2)cc1. The first-order valence-corrected chi connectivity index (χ1v) is 5.55. The van der Waals surface area contributed by atoms with Crippen LogP contribution in [0.1, 0.15) is 17.3 Å². The Kier molecular flexibility index (Phi) is 3.16. The van der Waals surface area contributed by atoms with Crippen molar-refractivity contribution in [1.29, 1.82) is 0 Å². The number of carbonyl (C=O) groups excluding carboxylic acids is 1. The molecule has 0 aromatic heterocycles. The smallest absolute Gasteiger partial charge is 0.159 e. The number of halogens is 1. The first-order valence-electron chi connectivity index (χ1n) is 5.18. The van der Waals surface area contributed by atoms with Gasteiger partial charge in [0.05, 0.1) is 5.02 Å². The zero-order chi connectivity index (χ0) is 12.4. The van der Waals surface area contributed by atoms with Crippen LogP contribution in [0, 0.1) is 0 Å². The molecule has 0 saturated heterocycles. The van der Waals surface area contributed by atoms with Crippen molar-refractivity contribution in [2.75, 3.05) is 0 Å². The van der Waals surface area contributed by atoms with Crippen molar-refractivity contribution in [2.45, 2.75) is 6.92 Å². The summed E-state index contributed by atoms with van der Waals surface area (Å²) in [5.41, 5.74) is 2.54. The topological polar surface area (TPSA) is 37.3 Å². The van der Waals surface area contributed by atoms with Gasteiger partial charge in [-0.05, 0) is 30.2 Å². The summed E-state index contributed by atoms with van der Waals surface area (Å²) in [6, 6.07) is 12.3. The van der Waals surface area contributed by atoms with Gasteiger partial charge in [0.2, 0.25) is 0 Å². The number of ketones is 1. The highest BCUT2D eigenvalue weighted by molar-refractivity contribution is 6.32. The molecule has 17 heavy (non-hydrogen) atoms. The molecule has 86 valence electrons. The highest BCUT2D eigenvalue weighted by Gasteiger charge is 2.03. The van der Waals surface area contributed by atoms with E-state index in [-0.39, 0.29) is 11.5 Å². The second kappa shape index (κ2) is 4.60. The molecule has 0 spiro atoms. The number of Topliss-reactive ketones (excluding diaryl/α,β-unsaturated/α-hetero) is 1. The van der Waals surface area contributed by atoms with Crippen LogP contribution < -0.4 is 0 Å². The molecule has 0 heterocycles. The lowest BCUT2D eigenvalue weighted by Gasteiger charge is -2.04. The molecule has 0 fully saturated rings. The summed E-state index contributed by atoms with van der Waals surface area (Å²) in [6.45, 7) is 1.53. The van der Waals surface area contributed by atoms with Crippen LogP contribution in [-0.4, -0.2) is 10.9 Å². The third-order valence-electron chi connectivity index (χ3n) is 2.57. The lowest BCUT2D eigenvalue weighted by Crippen LogP contribution is -1.90. The first-order chi connectivity index (χ1) is 8.08. The van der Waals surface area contributed by atoms with Crippen molar-refractivity contribution in [1.82, 2.24) is 0 Å². The van der Waals surface area contributed by atoms with Crippen LogP contribution >= 0.6 is 11.6 Å².